The Morgan fingerprint density at radius 2 is 2.22 bits per heavy atom. The van der Waals surface area contributed by atoms with Crippen LogP contribution < -0.4 is 5.69 Å². The van der Waals surface area contributed by atoms with Gasteiger partial charge in [0.15, 0.2) is 0 Å². The first-order valence-electron chi connectivity index (χ1n) is 2.37. The van der Waals surface area contributed by atoms with Gasteiger partial charge in [-0.1, -0.05) is 6.58 Å². The summed E-state index contributed by atoms with van der Waals surface area (Å²) < 4.78 is 0. The SMILES string of the molecule is C=Cc1[nH]c(=O)[nH]c1O. The molecule has 4 heteroatoms. The van der Waals surface area contributed by atoms with Crippen molar-refractivity contribution in [3.8, 4) is 5.88 Å². The minimum atomic E-state index is -0.428. The van der Waals surface area contributed by atoms with E-state index in [2.05, 4.69) is 16.5 Å². The fraction of sp³-hybridized carbons (Fsp3) is 0. The van der Waals surface area contributed by atoms with Crippen molar-refractivity contribution in [2.24, 2.45) is 0 Å². The van der Waals surface area contributed by atoms with Crippen molar-refractivity contribution in [2.75, 3.05) is 0 Å². The van der Waals surface area contributed by atoms with Crippen LogP contribution in [0.15, 0.2) is 11.4 Å². The summed E-state index contributed by atoms with van der Waals surface area (Å²) in [5.74, 6) is -0.171. The van der Waals surface area contributed by atoms with E-state index in [0.29, 0.717) is 5.69 Å². The van der Waals surface area contributed by atoms with Crippen LogP contribution in [0, 0.1) is 0 Å². The zero-order valence-electron chi connectivity index (χ0n) is 4.64. The van der Waals surface area contributed by atoms with E-state index in [1.807, 2.05) is 0 Å². The lowest BCUT2D eigenvalue weighted by molar-refractivity contribution is 0.454. The molecule has 0 aromatic carbocycles. The molecule has 9 heavy (non-hydrogen) atoms. The van der Waals surface area contributed by atoms with Crippen molar-refractivity contribution in [3.63, 3.8) is 0 Å². The van der Waals surface area contributed by atoms with Gasteiger partial charge in [0.05, 0.1) is 0 Å². The lowest BCUT2D eigenvalue weighted by Gasteiger charge is -1.81. The summed E-state index contributed by atoms with van der Waals surface area (Å²) in [7, 11) is 0. The Bertz CT molecular complexity index is 271. The van der Waals surface area contributed by atoms with Gasteiger partial charge in [0.1, 0.15) is 5.69 Å². The number of aromatic nitrogens is 2. The standard InChI is InChI=1S/C5H6N2O2/c1-2-3-4(8)7-5(9)6-3/h2,8H,1H2,(H2,6,7,9). The molecule has 0 amide bonds. The number of imidazole rings is 1. The molecule has 0 aliphatic heterocycles. The molecule has 1 aromatic heterocycles. The van der Waals surface area contributed by atoms with E-state index < -0.39 is 5.69 Å². The highest BCUT2D eigenvalue weighted by molar-refractivity contribution is 5.46. The average Bonchev–Trinajstić information content (AvgIpc) is 2.10. The van der Waals surface area contributed by atoms with Crippen molar-refractivity contribution >= 4 is 6.08 Å². The van der Waals surface area contributed by atoms with Crippen LogP contribution in [0.25, 0.3) is 6.08 Å². The molecular formula is C5H6N2O2. The Labute approximate surface area is 50.9 Å². The van der Waals surface area contributed by atoms with Crippen LogP contribution in [0.3, 0.4) is 0 Å². The summed E-state index contributed by atoms with van der Waals surface area (Å²) in [6, 6.07) is 0. The van der Waals surface area contributed by atoms with Crippen molar-refractivity contribution in [1.82, 2.24) is 9.97 Å². The first kappa shape index (κ1) is 5.68. The van der Waals surface area contributed by atoms with Crippen LogP contribution >= 0.6 is 0 Å². The lowest BCUT2D eigenvalue weighted by atomic mass is 10.5. The smallest absolute Gasteiger partial charge is 0.326 e. The molecule has 1 aromatic rings. The molecule has 1 heterocycles. The Morgan fingerprint density at radius 1 is 1.56 bits per heavy atom. The number of H-pyrrole nitrogens is 2. The van der Waals surface area contributed by atoms with E-state index >= 15 is 0 Å². The van der Waals surface area contributed by atoms with Crippen LogP contribution in [0.1, 0.15) is 5.69 Å². The Morgan fingerprint density at radius 3 is 2.44 bits per heavy atom. The predicted octanol–water partition coefficient (Wildman–Crippen LogP) is 0.0516. The van der Waals surface area contributed by atoms with Gasteiger partial charge in [-0.25, -0.2) is 4.79 Å². The molecule has 48 valence electrons. The average molecular weight is 126 g/mol. The third-order valence-corrected chi connectivity index (χ3v) is 0.939. The maximum absolute atomic E-state index is 10.4. The number of nitrogens with one attached hydrogen (secondary N) is 2. The van der Waals surface area contributed by atoms with Crippen LogP contribution in [-0.2, 0) is 0 Å². The van der Waals surface area contributed by atoms with Gasteiger partial charge in [-0.05, 0) is 6.08 Å². The van der Waals surface area contributed by atoms with E-state index in [9.17, 15) is 4.79 Å². The van der Waals surface area contributed by atoms with Gasteiger partial charge in [0.25, 0.3) is 0 Å². The molecule has 0 aliphatic carbocycles. The first-order valence-corrected chi connectivity index (χ1v) is 2.37. The number of aromatic amines is 2. The summed E-state index contributed by atoms with van der Waals surface area (Å²) in [6.07, 6.45) is 1.35. The Hall–Kier alpha value is -1.45. The fourth-order valence-electron chi connectivity index (χ4n) is 0.535. The van der Waals surface area contributed by atoms with Crippen LogP contribution in [-0.4, -0.2) is 15.1 Å². The molecule has 0 unspecified atom stereocenters. The summed E-state index contributed by atoms with van der Waals surface area (Å²) >= 11 is 0. The van der Waals surface area contributed by atoms with Crippen molar-refractivity contribution in [2.45, 2.75) is 0 Å². The minimum absolute atomic E-state index is 0.171. The maximum Gasteiger partial charge on any atom is 0.326 e. The normalized spacial score (nSPS) is 9.33. The second-order valence-corrected chi connectivity index (χ2v) is 1.55. The van der Waals surface area contributed by atoms with Crippen molar-refractivity contribution in [3.05, 3.63) is 22.8 Å². The largest absolute Gasteiger partial charge is 0.493 e. The van der Waals surface area contributed by atoms with Gasteiger partial charge in [0, 0.05) is 0 Å². The summed E-state index contributed by atoms with van der Waals surface area (Å²) in [6.45, 7) is 3.35. The summed E-state index contributed by atoms with van der Waals surface area (Å²) in [4.78, 5) is 14.8. The Balaban J connectivity index is 3.31. The molecule has 1 rings (SSSR count). The quantitative estimate of drug-likeness (QED) is 0.497. The Kier molecular flexibility index (Phi) is 1.14. The van der Waals surface area contributed by atoms with Crippen LogP contribution in [0.4, 0.5) is 0 Å². The zero-order valence-corrected chi connectivity index (χ0v) is 4.64. The zero-order chi connectivity index (χ0) is 6.85. The monoisotopic (exact) mass is 126 g/mol. The predicted molar refractivity (Wildman–Crippen MR) is 33.2 cm³/mol. The molecule has 4 nitrogen and oxygen atoms in total. The van der Waals surface area contributed by atoms with Gasteiger partial charge in [0.2, 0.25) is 5.88 Å². The minimum Gasteiger partial charge on any atom is -0.493 e. The van der Waals surface area contributed by atoms with Crippen LogP contribution in [0.2, 0.25) is 0 Å². The molecule has 0 aliphatic rings. The van der Waals surface area contributed by atoms with Gasteiger partial charge in [-0.3, -0.25) is 4.98 Å². The number of hydrogen-bond donors (Lipinski definition) is 3. The van der Waals surface area contributed by atoms with E-state index in [0.717, 1.165) is 0 Å². The van der Waals surface area contributed by atoms with Gasteiger partial charge in [-0.15, -0.1) is 0 Å². The summed E-state index contributed by atoms with van der Waals surface area (Å²) in [5.41, 5.74) is -0.109. The van der Waals surface area contributed by atoms with E-state index in [-0.39, 0.29) is 5.88 Å². The highest BCUT2D eigenvalue weighted by atomic mass is 16.3. The van der Waals surface area contributed by atoms with Crippen molar-refractivity contribution in [1.29, 1.82) is 0 Å². The highest BCUT2D eigenvalue weighted by Gasteiger charge is 1.97. The first-order chi connectivity index (χ1) is 4.24. The molecule has 0 bridgehead atoms. The lowest BCUT2D eigenvalue weighted by Crippen LogP contribution is -1.99. The number of rotatable bonds is 1. The van der Waals surface area contributed by atoms with Gasteiger partial charge < -0.3 is 10.1 Å². The van der Waals surface area contributed by atoms with E-state index in [1.165, 1.54) is 6.08 Å². The molecule has 0 radical (unpaired) electrons. The fourth-order valence-corrected chi connectivity index (χ4v) is 0.535. The molecule has 0 fully saturated rings. The molecule has 3 N–H and O–H groups in total. The highest BCUT2D eigenvalue weighted by Crippen LogP contribution is 2.06. The van der Waals surface area contributed by atoms with Gasteiger partial charge in [-0.2, -0.15) is 0 Å². The molecular weight excluding hydrogens is 120 g/mol. The molecule has 0 saturated carbocycles. The number of hydrogen-bond acceptors (Lipinski definition) is 2. The van der Waals surface area contributed by atoms with Gasteiger partial charge >= 0.3 is 5.69 Å². The van der Waals surface area contributed by atoms with Crippen LogP contribution in [0.5, 0.6) is 5.88 Å². The van der Waals surface area contributed by atoms with Crippen molar-refractivity contribution < 1.29 is 5.11 Å². The van der Waals surface area contributed by atoms with E-state index in [1.54, 1.807) is 0 Å². The molecule has 0 atom stereocenters. The third kappa shape index (κ3) is 0.861. The second kappa shape index (κ2) is 1.81. The molecule has 0 saturated heterocycles. The maximum atomic E-state index is 10.4. The topological polar surface area (TPSA) is 68.9 Å². The van der Waals surface area contributed by atoms with E-state index in [4.69, 9.17) is 5.11 Å². The third-order valence-electron chi connectivity index (χ3n) is 0.939. The number of aromatic hydroxyl groups is 1. The molecule has 0 spiro atoms. The second-order valence-electron chi connectivity index (χ2n) is 1.55. The summed E-state index contributed by atoms with van der Waals surface area (Å²) in [5, 5.41) is 8.77.